The predicted molar refractivity (Wildman–Crippen MR) is 71.7 cm³/mol. The van der Waals surface area contributed by atoms with Crippen LogP contribution >= 0.6 is 31.9 Å². The van der Waals surface area contributed by atoms with Crippen molar-refractivity contribution in [3.05, 3.63) is 21.1 Å². The van der Waals surface area contributed by atoms with E-state index in [1.165, 1.54) is 0 Å². The van der Waals surface area contributed by atoms with Crippen LogP contribution in [0.4, 0.5) is 5.69 Å². The van der Waals surface area contributed by atoms with E-state index in [0.29, 0.717) is 21.2 Å². The molecule has 16 heavy (non-hydrogen) atoms. The van der Waals surface area contributed by atoms with Gasteiger partial charge in [0, 0.05) is 21.2 Å². The van der Waals surface area contributed by atoms with Crippen LogP contribution in [0.25, 0.3) is 0 Å². The summed E-state index contributed by atoms with van der Waals surface area (Å²) in [5.41, 5.74) is 6.09. The Balaban J connectivity index is 3.23. The molecule has 3 N–H and O–H groups in total. The van der Waals surface area contributed by atoms with Crippen molar-refractivity contribution in [2.75, 3.05) is 12.3 Å². The number of hydrogen-bond acceptors (Lipinski definition) is 3. The summed E-state index contributed by atoms with van der Waals surface area (Å²) < 4.78 is 27.3. The molecule has 0 aliphatic rings. The minimum Gasteiger partial charge on any atom is -0.399 e. The molecule has 0 radical (unpaired) electrons. The lowest BCUT2D eigenvalue weighted by atomic mass is 10.3. The predicted octanol–water partition coefficient (Wildman–Crippen LogP) is 2.48. The molecular formula is C9H12Br2N2O2S. The summed E-state index contributed by atoms with van der Waals surface area (Å²) in [5, 5.41) is 0. The first-order valence-corrected chi connectivity index (χ1v) is 7.69. The van der Waals surface area contributed by atoms with Crippen molar-refractivity contribution in [1.82, 2.24) is 4.72 Å². The molecule has 0 aromatic heterocycles. The minimum absolute atomic E-state index is 0.176. The molecule has 1 rings (SSSR count). The lowest BCUT2D eigenvalue weighted by Gasteiger charge is -2.10. The van der Waals surface area contributed by atoms with E-state index in [4.69, 9.17) is 5.73 Å². The SMILES string of the molecule is CCCNS(=O)(=O)c1c(Br)cc(N)cc1Br. The van der Waals surface area contributed by atoms with Crippen LogP contribution in [0.3, 0.4) is 0 Å². The largest absolute Gasteiger partial charge is 0.399 e. The molecule has 0 atom stereocenters. The van der Waals surface area contributed by atoms with Gasteiger partial charge in [0.25, 0.3) is 0 Å². The van der Waals surface area contributed by atoms with Crippen LogP contribution in [0.5, 0.6) is 0 Å². The van der Waals surface area contributed by atoms with Crippen molar-refractivity contribution < 1.29 is 8.42 Å². The third-order valence-electron chi connectivity index (χ3n) is 1.83. The molecule has 0 saturated carbocycles. The van der Waals surface area contributed by atoms with Gasteiger partial charge in [0.05, 0.1) is 0 Å². The second kappa shape index (κ2) is 5.48. The van der Waals surface area contributed by atoms with Crippen molar-refractivity contribution in [2.45, 2.75) is 18.2 Å². The van der Waals surface area contributed by atoms with Crippen LogP contribution in [0, 0.1) is 0 Å². The maximum atomic E-state index is 11.9. The second-order valence-electron chi connectivity index (χ2n) is 3.21. The van der Waals surface area contributed by atoms with Crippen LogP contribution in [0.15, 0.2) is 26.0 Å². The number of anilines is 1. The van der Waals surface area contributed by atoms with E-state index in [0.717, 1.165) is 6.42 Å². The fourth-order valence-corrected chi connectivity index (χ4v) is 4.89. The van der Waals surface area contributed by atoms with Crippen molar-refractivity contribution in [1.29, 1.82) is 0 Å². The molecule has 4 nitrogen and oxygen atoms in total. The van der Waals surface area contributed by atoms with Crippen molar-refractivity contribution in [3.63, 3.8) is 0 Å². The topological polar surface area (TPSA) is 72.2 Å². The van der Waals surface area contributed by atoms with Gasteiger partial charge in [-0.3, -0.25) is 0 Å². The van der Waals surface area contributed by atoms with Gasteiger partial charge in [-0.05, 0) is 50.4 Å². The Labute approximate surface area is 112 Å². The van der Waals surface area contributed by atoms with Gasteiger partial charge in [0.2, 0.25) is 10.0 Å². The van der Waals surface area contributed by atoms with E-state index in [2.05, 4.69) is 36.6 Å². The summed E-state index contributed by atoms with van der Waals surface area (Å²) in [6.45, 7) is 2.31. The summed E-state index contributed by atoms with van der Waals surface area (Å²) in [6.07, 6.45) is 0.740. The van der Waals surface area contributed by atoms with E-state index in [1.54, 1.807) is 12.1 Å². The van der Waals surface area contributed by atoms with Crippen molar-refractivity contribution >= 4 is 47.6 Å². The van der Waals surface area contributed by atoms with E-state index in [1.807, 2.05) is 6.92 Å². The highest BCUT2D eigenvalue weighted by Gasteiger charge is 2.20. The number of nitrogens with two attached hydrogens (primary N) is 1. The molecule has 0 fully saturated rings. The Morgan fingerprint density at radius 2 is 1.81 bits per heavy atom. The molecule has 0 saturated heterocycles. The summed E-state index contributed by atoms with van der Waals surface area (Å²) in [5.74, 6) is 0. The van der Waals surface area contributed by atoms with Gasteiger partial charge in [-0.1, -0.05) is 6.92 Å². The van der Waals surface area contributed by atoms with Gasteiger partial charge < -0.3 is 5.73 Å². The molecular weight excluding hydrogens is 360 g/mol. The van der Waals surface area contributed by atoms with Crippen LogP contribution in [0.1, 0.15) is 13.3 Å². The van der Waals surface area contributed by atoms with Gasteiger partial charge in [-0.15, -0.1) is 0 Å². The normalized spacial score (nSPS) is 11.7. The minimum atomic E-state index is -3.50. The Morgan fingerprint density at radius 3 is 2.25 bits per heavy atom. The third-order valence-corrected chi connectivity index (χ3v) is 5.17. The molecule has 90 valence electrons. The zero-order valence-electron chi connectivity index (χ0n) is 8.63. The fraction of sp³-hybridized carbons (Fsp3) is 0.333. The number of halogens is 2. The smallest absolute Gasteiger partial charge is 0.242 e. The molecule has 0 amide bonds. The lowest BCUT2D eigenvalue weighted by Crippen LogP contribution is -2.25. The highest BCUT2D eigenvalue weighted by molar-refractivity contribution is 9.11. The Bertz CT molecular complexity index is 465. The first-order valence-electron chi connectivity index (χ1n) is 4.62. The van der Waals surface area contributed by atoms with Crippen molar-refractivity contribution in [2.24, 2.45) is 0 Å². The zero-order chi connectivity index (χ0) is 12.3. The molecule has 0 heterocycles. The first kappa shape index (κ1) is 14.0. The molecule has 0 aliphatic heterocycles. The summed E-state index contributed by atoms with van der Waals surface area (Å²) in [7, 11) is -3.50. The molecule has 0 aliphatic carbocycles. The van der Waals surface area contributed by atoms with Gasteiger partial charge >= 0.3 is 0 Å². The molecule has 7 heteroatoms. The Morgan fingerprint density at radius 1 is 1.31 bits per heavy atom. The third kappa shape index (κ3) is 3.19. The zero-order valence-corrected chi connectivity index (χ0v) is 12.6. The lowest BCUT2D eigenvalue weighted by molar-refractivity contribution is 0.580. The summed E-state index contributed by atoms with van der Waals surface area (Å²) in [4.78, 5) is 0.176. The molecule has 0 spiro atoms. The average molecular weight is 372 g/mol. The maximum Gasteiger partial charge on any atom is 0.242 e. The fourth-order valence-electron chi connectivity index (χ4n) is 1.14. The Kier molecular flexibility index (Phi) is 4.78. The average Bonchev–Trinajstić information content (AvgIpc) is 2.12. The van der Waals surface area contributed by atoms with Gasteiger partial charge in [-0.25, -0.2) is 13.1 Å². The number of rotatable bonds is 4. The van der Waals surface area contributed by atoms with Gasteiger partial charge in [-0.2, -0.15) is 0 Å². The molecule has 0 bridgehead atoms. The van der Waals surface area contributed by atoms with Crippen molar-refractivity contribution in [3.8, 4) is 0 Å². The van der Waals surface area contributed by atoms with Crippen LogP contribution in [-0.2, 0) is 10.0 Å². The van der Waals surface area contributed by atoms with E-state index in [-0.39, 0.29) is 4.90 Å². The highest BCUT2D eigenvalue weighted by atomic mass is 79.9. The number of nitrogens with one attached hydrogen (secondary N) is 1. The quantitative estimate of drug-likeness (QED) is 0.798. The summed E-state index contributed by atoms with van der Waals surface area (Å²) in [6, 6.07) is 3.12. The second-order valence-corrected chi connectivity index (χ2v) is 6.62. The van der Waals surface area contributed by atoms with E-state index >= 15 is 0 Å². The van der Waals surface area contributed by atoms with Gasteiger partial charge in [0.15, 0.2) is 0 Å². The van der Waals surface area contributed by atoms with E-state index in [9.17, 15) is 8.42 Å². The number of hydrogen-bond donors (Lipinski definition) is 2. The van der Waals surface area contributed by atoms with Crippen LogP contribution in [0.2, 0.25) is 0 Å². The highest BCUT2D eigenvalue weighted by Crippen LogP contribution is 2.32. The monoisotopic (exact) mass is 370 g/mol. The van der Waals surface area contributed by atoms with Crippen LogP contribution < -0.4 is 10.5 Å². The van der Waals surface area contributed by atoms with Crippen LogP contribution in [-0.4, -0.2) is 15.0 Å². The van der Waals surface area contributed by atoms with E-state index < -0.39 is 10.0 Å². The number of sulfonamides is 1. The molecule has 0 unspecified atom stereocenters. The molecule has 1 aromatic rings. The number of benzene rings is 1. The number of nitrogen functional groups attached to an aromatic ring is 1. The summed E-state index contributed by atoms with van der Waals surface area (Å²) >= 11 is 6.39. The van der Waals surface area contributed by atoms with Gasteiger partial charge in [0.1, 0.15) is 4.90 Å². The molecule has 1 aromatic carbocycles. The standard InChI is InChI=1S/C9H12Br2N2O2S/c1-2-3-13-16(14,15)9-7(10)4-6(12)5-8(9)11/h4-5,13H,2-3,12H2,1H3. The first-order chi connectivity index (χ1) is 7.38. The Hall–Kier alpha value is -0.110. The maximum absolute atomic E-state index is 11.9.